The van der Waals surface area contributed by atoms with Gasteiger partial charge in [0.25, 0.3) is 5.91 Å². The molecule has 0 unspecified atom stereocenters. The first-order valence-corrected chi connectivity index (χ1v) is 12.5. The molecule has 0 radical (unpaired) electrons. The molecule has 1 aliphatic rings. The van der Waals surface area contributed by atoms with Gasteiger partial charge in [-0.15, -0.1) is 0 Å². The van der Waals surface area contributed by atoms with Crippen LogP contribution >= 0.6 is 11.8 Å². The Labute approximate surface area is 218 Å². The fourth-order valence-electron chi connectivity index (χ4n) is 3.63. The van der Waals surface area contributed by atoms with Crippen molar-refractivity contribution in [2.45, 2.75) is 20.5 Å². The van der Waals surface area contributed by atoms with E-state index < -0.39 is 5.97 Å². The SMILES string of the molecule is CCOc1cc(/C=C2\SC(=Nc3cccc(C(=O)O)c3)N(CC)C2=O)ccc1OCc1cccc(F)c1. The largest absolute Gasteiger partial charge is 0.490 e. The smallest absolute Gasteiger partial charge is 0.335 e. The van der Waals surface area contributed by atoms with E-state index in [-0.39, 0.29) is 23.9 Å². The summed E-state index contributed by atoms with van der Waals surface area (Å²) in [5.74, 6) is -0.543. The van der Waals surface area contributed by atoms with E-state index in [2.05, 4.69) is 4.99 Å². The quantitative estimate of drug-likeness (QED) is 0.342. The van der Waals surface area contributed by atoms with Gasteiger partial charge in [-0.05, 0) is 85.3 Å². The van der Waals surface area contributed by atoms with E-state index in [1.54, 1.807) is 47.4 Å². The molecule has 1 amide bonds. The number of aliphatic imine (C=N–C) groups is 1. The Balaban J connectivity index is 1.57. The zero-order chi connectivity index (χ0) is 26.4. The van der Waals surface area contributed by atoms with E-state index in [0.717, 1.165) is 5.56 Å². The number of ether oxygens (including phenoxy) is 2. The Morgan fingerprint density at radius 2 is 1.86 bits per heavy atom. The molecule has 4 rings (SSSR count). The number of rotatable bonds is 9. The molecule has 0 aromatic heterocycles. The molecule has 0 aliphatic carbocycles. The van der Waals surface area contributed by atoms with Gasteiger partial charge in [-0.2, -0.15) is 0 Å². The predicted octanol–water partition coefficient (Wildman–Crippen LogP) is 6.13. The molecule has 9 heteroatoms. The maximum atomic E-state index is 13.5. The van der Waals surface area contributed by atoms with Crippen LogP contribution in [0.3, 0.4) is 0 Å². The highest BCUT2D eigenvalue weighted by atomic mass is 32.2. The first-order valence-electron chi connectivity index (χ1n) is 11.7. The molecule has 0 atom stereocenters. The Hall–Kier alpha value is -4.11. The highest BCUT2D eigenvalue weighted by Crippen LogP contribution is 2.36. The highest BCUT2D eigenvalue weighted by molar-refractivity contribution is 8.18. The molecule has 0 spiro atoms. The molecule has 3 aromatic rings. The number of halogens is 1. The third-order valence-electron chi connectivity index (χ3n) is 5.37. The summed E-state index contributed by atoms with van der Waals surface area (Å²) in [4.78, 5) is 30.9. The van der Waals surface area contributed by atoms with Crippen molar-refractivity contribution in [1.82, 2.24) is 4.90 Å². The fourth-order valence-corrected chi connectivity index (χ4v) is 4.69. The lowest BCUT2D eigenvalue weighted by molar-refractivity contribution is -0.122. The fraction of sp³-hybridized carbons (Fsp3) is 0.179. The Kier molecular flexibility index (Phi) is 8.25. The summed E-state index contributed by atoms with van der Waals surface area (Å²) < 4.78 is 25.1. The number of nitrogens with zero attached hydrogens (tertiary/aromatic N) is 2. The second kappa shape index (κ2) is 11.7. The Bertz CT molecular complexity index is 1390. The number of benzene rings is 3. The molecule has 0 saturated carbocycles. The van der Waals surface area contributed by atoms with Crippen molar-refractivity contribution in [3.05, 3.63) is 94.1 Å². The molecular weight excluding hydrogens is 495 g/mol. The summed E-state index contributed by atoms with van der Waals surface area (Å²) in [5.41, 5.74) is 2.01. The van der Waals surface area contributed by atoms with Crippen LogP contribution in [0.5, 0.6) is 11.5 Å². The van der Waals surface area contributed by atoms with Crippen LogP contribution in [-0.2, 0) is 11.4 Å². The number of carboxylic acids is 1. The van der Waals surface area contributed by atoms with Crippen molar-refractivity contribution in [3.63, 3.8) is 0 Å². The van der Waals surface area contributed by atoms with Gasteiger partial charge in [0.05, 0.1) is 22.8 Å². The minimum Gasteiger partial charge on any atom is -0.490 e. The van der Waals surface area contributed by atoms with E-state index >= 15 is 0 Å². The number of aromatic carboxylic acids is 1. The van der Waals surface area contributed by atoms with Crippen LogP contribution in [0.15, 0.2) is 76.6 Å². The Morgan fingerprint density at radius 3 is 2.59 bits per heavy atom. The number of likely N-dealkylation sites (N-methyl/N-ethyl adjacent to an activating group) is 1. The summed E-state index contributed by atoms with van der Waals surface area (Å²) >= 11 is 1.22. The molecule has 1 heterocycles. The Morgan fingerprint density at radius 1 is 1.05 bits per heavy atom. The second-order valence-corrected chi connectivity index (χ2v) is 8.98. The molecule has 3 aromatic carbocycles. The normalized spacial score (nSPS) is 15.4. The van der Waals surface area contributed by atoms with Crippen LogP contribution < -0.4 is 9.47 Å². The van der Waals surface area contributed by atoms with Crippen LogP contribution in [0.1, 0.15) is 35.3 Å². The summed E-state index contributed by atoms with van der Waals surface area (Å²) in [6.45, 7) is 4.72. The molecule has 1 fully saturated rings. The van der Waals surface area contributed by atoms with Crippen LogP contribution in [0, 0.1) is 5.82 Å². The number of thioether (sulfide) groups is 1. The average Bonchev–Trinajstić information content (AvgIpc) is 3.17. The summed E-state index contributed by atoms with van der Waals surface area (Å²) in [6, 6.07) is 17.8. The van der Waals surface area contributed by atoms with E-state index in [1.165, 1.54) is 36.0 Å². The zero-order valence-electron chi connectivity index (χ0n) is 20.3. The third kappa shape index (κ3) is 6.37. The van der Waals surface area contributed by atoms with Crippen molar-refractivity contribution in [2.24, 2.45) is 4.99 Å². The van der Waals surface area contributed by atoms with Crippen LogP contribution in [0.25, 0.3) is 6.08 Å². The van der Waals surface area contributed by atoms with Crippen molar-refractivity contribution >= 4 is 40.6 Å². The summed E-state index contributed by atoms with van der Waals surface area (Å²) in [5, 5.41) is 9.71. The van der Waals surface area contributed by atoms with Crippen molar-refractivity contribution in [2.75, 3.05) is 13.2 Å². The van der Waals surface area contributed by atoms with Gasteiger partial charge < -0.3 is 14.6 Å². The van der Waals surface area contributed by atoms with Gasteiger partial charge in [0, 0.05) is 6.54 Å². The number of carbonyl (C=O) groups excluding carboxylic acids is 1. The standard InChI is InChI=1S/C28H25FN2O5S/c1-3-31-26(32)25(37-28(31)30-22-10-6-8-20(16-22)27(33)34)15-18-11-12-23(24(14-18)35-4-2)36-17-19-7-5-9-21(29)13-19/h5-16H,3-4,17H2,1-2H3,(H,33,34)/b25-15-,30-28?. The van der Waals surface area contributed by atoms with E-state index in [4.69, 9.17) is 9.47 Å². The molecule has 1 N–H and O–H groups in total. The van der Waals surface area contributed by atoms with Crippen LogP contribution in [-0.4, -0.2) is 40.2 Å². The van der Waals surface area contributed by atoms with Crippen LogP contribution in [0.4, 0.5) is 10.1 Å². The van der Waals surface area contributed by atoms with E-state index in [9.17, 15) is 19.1 Å². The van der Waals surface area contributed by atoms with Gasteiger partial charge in [0.2, 0.25) is 0 Å². The maximum Gasteiger partial charge on any atom is 0.335 e. The lowest BCUT2D eigenvalue weighted by Crippen LogP contribution is -2.28. The second-order valence-electron chi connectivity index (χ2n) is 7.97. The molecular formula is C28H25FN2O5S. The van der Waals surface area contributed by atoms with Gasteiger partial charge in [-0.1, -0.05) is 24.3 Å². The van der Waals surface area contributed by atoms with Gasteiger partial charge in [-0.25, -0.2) is 14.2 Å². The number of carboxylic acid groups (broad SMARTS) is 1. The zero-order valence-corrected chi connectivity index (χ0v) is 21.1. The number of amides is 1. The first kappa shape index (κ1) is 26.0. The topological polar surface area (TPSA) is 88.4 Å². The van der Waals surface area contributed by atoms with E-state index in [1.807, 2.05) is 19.9 Å². The number of hydrogen-bond acceptors (Lipinski definition) is 6. The van der Waals surface area contributed by atoms with Gasteiger partial charge in [0.15, 0.2) is 16.7 Å². The van der Waals surface area contributed by atoms with Crippen molar-refractivity contribution < 1.29 is 28.6 Å². The summed E-state index contributed by atoms with van der Waals surface area (Å²) in [7, 11) is 0. The highest BCUT2D eigenvalue weighted by Gasteiger charge is 2.32. The monoisotopic (exact) mass is 520 g/mol. The molecule has 7 nitrogen and oxygen atoms in total. The number of amidine groups is 1. The lowest BCUT2D eigenvalue weighted by Gasteiger charge is -2.13. The molecule has 1 saturated heterocycles. The van der Waals surface area contributed by atoms with Gasteiger partial charge in [0.1, 0.15) is 12.4 Å². The van der Waals surface area contributed by atoms with Gasteiger partial charge >= 0.3 is 5.97 Å². The summed E-state index contributed by atoms with van der Waals surface area (Å²) in [6.07, 6.45) is 1.75. The number of carbonyl (C=O) groups is 2. The lowest BCUT2D eigenvalue weighted by atomic mass is 10.1. The van der Waals surface area contributed by atoms with Crippen LogP contribution in [0.2, 0.25) is 0 Å². The average molecular weight is 521 g/mol. The van der Waals surface area contributed by atoms with E-state index in [0.29, 0.717) is 46.0 Å². The molecule has 190 valence electrons. The third-order valence-corrected chi connectivity index (χ3v) is 6.38. The van der Waals surface area contributed by atoms with Gasteiger partial charge in [-0.3, -0.25) is 9.69 Å². The minimum atomic E-state index is -1.04. The predicted molar refractivity (Wildman–Crippen MR) is 142 cm³/mol. The van der Waals surface area contributed by atoms with Crippen molar-refractivity contribution in [1.29, 1.82) is 0 Å². The molecule has 0 bridgehead atoms. The first-order chi connectivity index (χ1) is 17.9. The molecule has 37 heavy (non-hydrogen) atoms. The maximum absolute atomic E-state index is 13.5. The molecule has 1 aliphatic heterocycles. The minimum absolute atomic E-state index is 0.123. The number of hydrogen-bond donors (Lipinski definition) is 1. The van der Waals surface area contributed by atoms with Crippen molar-refractivity contribution in [3.8, 4) is 11.5 Å².